The molecule has 0 aliphatic rings. The van der Waals surface area contributed by atoms with Gasteiger partial charge in [-0.15, -0.1) is 10.2 Å². The molecule has 0 saturated heterocycles. The van der Waals surface area contributed by atoms with Gasteiger partial charge in [-0.1, -0.05) is 27.7 Å². The van der Waals surface area contributed by atoms with Gasteiger partial charge in [0.2, 0.25) is 11.6 Å². The number of anilines is 1. The molecule has 1 N–H and O–H groups in total. The molecule has 11 heteroatoms. The highest BCUT2D eigenvalue weighted by atomic mass is 79.9. The lowest BCUT2D eigenvalue weighted by Crippen LogP contribution is -2.20. The van der Waals surface area contributed by atoms with Crippen LogP contribution in [0.2, 0.25) is 0 Å². The summed E-state index contributed by atoms with van der Waals surface area (Å²) in [7, 11) is 0. The molecular formula is C19H12BrF2N5O2S. The van der Waals surface area contributed by atoms with E-state index in [4.69, 9.17) is 0 Å². The van der Waals surface area contributed by atoms with E-state index < -0.39 is 17.5 Å². The first-order valence-corrected chi connectivity index (χ1v) is 10.3. The smallest absolute Gasteiger partial charge is 0.300 e. The van der Waals surface area contributed by atoms with Crippen molar-refractivity contribution in [2.24, 2.45) is 0 Å². The largest absolute Gasteiger partial charge is 0.323 e. The van der Waals surface area contributed by atoms with Gasteiger partial charge in [0.25, 0.3) is 0 Å². The van der Waals surface area contributed by atoms with E-state index in [-0.39, 0.29) is 22.6 Å². The van der Waals surface area contributed by atoms with Crippen molar-refractivity contribution in [3.8, 4) is 5.69 Å². The Kier molecular flexibility index (Phi) is 5.64. The monoisotopic (exact) mass is 491 g/mol. The number of halogens is 3. The van der Waals surface area contributed by atoms with Gasteiger partial charge < -0.3 is 5.32 Å². The van der Waals surface area contributed by atoms with Crippen molar-refractivity contribution >= 4 is 44.9 Å². The number of hydrogen-bond donors (Lipinski definition) is 1. The van der Waals surface area contributed by atoms with Crippen molar-refractivity contribution in [1.29, 1.82) is 0 Å². The van der Waals surface area contributed by atoms with Crippen molar-refractivity contribution in [2.75, 3.05) is 11.1 Å². The highest BCUT2D eigenvalue weighted by Gasteiger charge is 2.14. The Morgan fingerprint density at radius 2 is 1.87 bits per heavy atom. The minimum atomic E-state index is -0.740. The Labute approximate surface area is 180 Å². The van der Waals surface area contributed by atoms with E-state index in [1.165, 1.54) is 8.97 Å². The third-order valence-electron chi connectivity index (χ3n) is 4.08. The van der Waals surface area contributed by atoms with Crippen LogP contribution in [0.1, 0.15) is 0 Å². The fraction of sp³-hybridized carbons (Fsp3) is 0.0526. The first-order valence-electron chi connectivity index (χ1n) is 8.52. The molecule has 1 amide bonds. The number of hydrogen-bond acceptors (Lipinski definition) is 5. The van der Waals surface area contributed by atoms with Crippen molar-refractivity contribution in [2.45, 2.75) is 5.16 Å². The maximum absolute atomic E-state index is 13.6. The van der Waals surface area contributed by atoms with E-state index >= 15 is 0 Å². The summed E-state index contributed by atoms with van der Waals surface area (Å²) >= 11 is 4.36. The number of benzene rings is 2. The zero-order valence-electron chi connectivity index (χ0n) is 15.1. The van der Waals surface area contributed by atoms with Crippen LogP contribution >= 0.6 is 27.7 Å². The lowest BCUT2D eigenvalue weighted by Gasteiger charge is -2.07. The number of fused-ring (bicyclic) bond motifs is 1. The molecular weight excluding hydrogens is 480 g/mol. The summed E-state index contributed by atoms with van der Waals surface area (Å²) in [5, 5.41) is 10.5. The third kappa shape index (κ3) is 4.12. The molecule has 30 heavy (non-hydrogen) atoms. The molecule has 0 aliphatic carbocycles. The lowest BCUT2D eigenvalue weighted by atomic mass is 10.3. The summed E-state index contributed by atoms with van der Waals surface area (Å²) in [6.07, 6.45) is 3.19. The molecule has 2 heterocycles. The maximum Gasteiger partial charge on any atom is 0.300 e. The molecule has 4 aromatic rings. The van der Waals surface area contributed by atoms with Crippen molar-refractivity contribution < 1.29 is 13.6 Å². The molecule has 4 rings (SSSR count). The van der Waals surface area contributed by atoms with Crippen LogP contribution < -0.4 is 10.9 Å². The summed E-state index contributed by atoms with van der Waals surface area (Å²) in [6, 6.07) is 9.99. The van der Waals surface area contributed by atoms with Crippen LogP contribution in [-0.2, 0) is 4.79 Å². The second-order valence-corrected chi connectivity index (χ2v) is 7.95. The Hall–Kier alpha value is -3.05. The van der Waals surface area contributed by atoms with Crippen LogP contribution in [0.25, 0.3) is 11.3 Å². The topological polar surface area (TPSA) is 81.3 Å². The predicted molar refractivity (Wildman–Crippen MR) is 112 cm³/mol. The highest BCUT2D eigenvalue weighted by Crippen LogP contribution is 2.19. The van der Waals surface area contributed by atoms with Crippen LogP contribution in [0.5, 0.6) is 0 Å². The molecule has 0 atom stereocenters. The van der Waals surface area contributed by atoms with Gasteiger partial charge >= 0.3 is 5.56 Å². The number of aromatic nitrogens is 4. The SMILES string of the molecule is O=C(CSc1nnc2c(=O)n(-c3ccc(Br)cc3)ccn12)Nc1cc(F)ccc1F. The fourth-order valence-corrected chi connectivity index (χ4v) is 3.66. The fourth-order valence-electron chi connectivity index (χ4n) is 2.68. The first-order chi connectivity index (χ1) is 14.4. The van der Waals surface area contributed by atoms with Gasteiger partial charge in [0.15, 0.2) is 5.16 Å². The van der Waals surface area contributed by atoms with Crippen LogP contribution in [-0.4, -0.2) is 30.8 Å². The summed E-state index contributed by atoms with van der Waals surface area (Å²) in [4.78, 5) is 24.8. The molecule has 0 spiro atoms. The number of nitrogens with one attached hydrogen (secondary N) is 1. The minimum Gasteiger partial charge on any atom is -0.323 e. The molecule has 0 aliphatic heterocycles. The van der Waals surface area contributed by atoms with E-state index in [9.17, 15) is 18.4 Å². The number of thioether (sulfide) groups is 1. The van der Waals surface area contributed by atoms with Gasteiger partial charge in [0.05, 0.1) is 11.4 Å². The van der Waals surface area contributed by atoms with E-state index in [1.807, 2.05) is 12.1 Å². The molecule has 152 valence electrons. The molecule has 7 nitrogen and oxygen atoms in total. The predicted octanol–water partition coefficient (Wildman–Crippen LogP) is 3.65. The summed E-state index contributed by atoms with van der Waals surface area (Å²) in [6.45, 7) is 0. The van der Waals surface area contributed by atoms with E-state index in [2.05, 4.69) is 31.4 Å². The second-order valence-electron chi connectivity index (χ2n) is 6.09. The third-order valence-corrected chi connectivity index (χ3v) is 5.55. The molecule has 0 unspecified atom stereocenters. The van der Waals surface area contributed by atoms with E-state index in [0.717, 1.165) is 34.4 Å². The van der Waals surface area contributed by atoms with Crippen LogP contribution in [0.15, 0.2) is 69.3 Å². The van der Waals surface area contributed by atoms with E-state index in [1.54, 1.807) is 24.5 Å². The second kappa shape index (κ2) is 8.36. The maximum atomic E-state index is 13.6. The minimum absolute atomic E-state index is 0.0968. The van der Waals surface area contributed by atoms with Gasteiger partial charge in [-0.05, 0) is 36.4 Å². The number of carbonyl (C=O) groups is 1. The Morgan fingerprint density at radius 3 is 2.63 bits per heavy atom. The van der Waals surface area contributed by atoms with Crippen LogP contribution in [0.3, 0.4) is 0 Å². The van der Waals surface area contributed by atoms with Gasteiger partial charge in [0.1, 0.15) is 11.6 Å². The molecule has 2 aromatic heterocycles. The molecule has 0 fully saturated rings. The van der Waals surface area contributed by atoms with Crippen molar-refractivity contribution in [3.05, 3.63) is 81.3 Å². The number of nitrogens with zero attached hydrogens (tertiary/aromatic N) is 4. The molecule has 0 saturated carbocycles. The van der Waals surface area contributed by atoms with E-state index in [0.29, 0.717) is 10.8 Å². The van der Waals surface area contributed by atoms with Crippen LogP contribution in [0, 0.1) is 11.6 Å². The van der Waals surface area contributed by atoms with Gasteiger partial charge in [-0.2, -0.15) is 0 Å². The van der Waals surface area contributed by atoms with Crippen LogP contribution in [0.4, 0.5) is 14.5 Å². The molecule has 2 aromatic carbocycles. The highest BCUT2D eigenvalue weighted by molar-refractivity contribution is 9.10. The Bertz CT molecular complexity index is 1310. The quantitative estimate of drug-likeness (QED) is 0.431. The summed E-state index contributed by atoms with van der Waals surface area (Å²) < 4.78 is 30.6. The van der Waals surface area contributed by atoms with Gasteiger partial charge in [0, 0.05) is 28.6 Å². The number of rotatable bonds is 5. The Morgan fingerprint density at radius 1 is 1.10 bits per heavy atom. The van der Waals surface area contributed by atoms with Crippen molar-refractivity contribution in [3.63, 3.8) is 0 Å². The summed E-state index contributed by atoms with van der Waals surface area (Å²) in [5.41, 5.74) is 0.147. The average molecular weight is 492 g/mol. The zero-order chi connectivity index (χ0) is 21.3. The standard InChI is InChI=1S/C19H12BrF2N5O2S/c20-11-1-4-13(5-2-11)26-7-8-27-17(18(26)29)24-25-19(27)30-10-16(28)23-15-9-12(21)3-6-14(15)22/h1-9H,10H2,(H,23,28). The summed E-state index contributed by atoms with van der Waals surface area (Å²) in [5.74, 6) is -2.09. The molecule has 0 radical (unpaired) electrons. The lowest BCUT2D eigenvalue weighted by molar-refractivity contribution is -0.113. The Balaban J connectivity index is 1.52. The van der Waals surface area contributed by atoms with Gasteiger partial charge in [-0.3, -0.25) is 18.6 Å². The van der Waals surface area contributed by atoms with Crippen molar-refractivity contribution in [1.82, 2.24) is 19.2 Å². The first kappa shape index (κ1) is 20.2. The number of carbonyl (C=O) groups excluding carboxylic acids is 1. The number of amides is 1. The normalized spacial score (nSPS) is 11.0. The van der Waals surface area contributed by atoms with Gasteiger partial charge in [-0.25, -0.2) is 8.78 Å². The zero-order valence-corrected chi connectivity index (χ0v) is 17.5. The molecule has 0 bridgehead atoms. The average Bonchev–Trinajstić information content (AvgIpc) is 3.14.